The Kier molecular flexibility index (Phi) is 10.4. The minimum atomic E-state index is -4.46. The first-order chi connectivity index (χ1) is 19.0. The molecular formula is C31H41F7O2. The first-order valence-corrected chi connectivity index (χ1v) is 14.9. The van der Waals surface area contributed by atoms with Gasteiger partial charge in [-0.15, -0.1) is 0 Å². The smallest absolute Gasteiger partial charge is 0.425 e. The Balaban J connectivity index is 1.23. The molecule has 0 heterocycles. The third kappa shape index (κ3) is 8.31. The van der Waals surface area contributed by atoms with Gasteiger partial charge in [-0.05, 0) is 106 Å². The summed E-state index contributed by atoms with van der Waals surface area (Å²) in [5.74, 6) is -0.440. The predicted molar refractivity (Wildman–Crippen MR) is 139 cm³/mol. The highest BCUT2D eigenvalue weighted by atomic mass is 19.3. The van der Waals surface area contributed by atoms with Crippen molar-refractivity contribution in [2.24, 2.45) is 35.5 Å². The van der Waals surface area contributed by atoms with E-state index >= 15 is 0 Å². The van der Waals surface area contributed by atoms with E-state index in [2.05, 4.69) is 11.7 Å². The van der Waals surface area contributed by atoms with Gasteiger partial charge in [-0.25, -0.2) is 4.39 Å². The Bertz CT molecular complexity index is 970. The molecule has 0 unspecified atom stereocenters. The Morgan fingerprint density at radius 2 is 1.27 bits per heavy atom. The minimum absolute atomic E-state index is 0.302. The fourth-order valence-electron chi connectivity index (χ4n) is 7.54. The molecule has 1 aromatic carbocycles. The van der Waals surface area contributed by atoms with Crippen molar-refractivity contribution in [2.45, 2.75) is 109 Å². The molecule has 3 aliphatic rings. The SMILES string of the molecule is CCCC1CCC(C2CCC(C3CCC(C(F)(F)Oc4ccc(OC(F)(F)C=C(F)F)c(F)c4)CC3)CC2)CC1. The van der Waals surface area contributed by atoms with Crippen LogP contribution in [0.1, 0.15) is 96.8 Å². The summed E-state index contributed by atoms with van der Waals surface area (Å²) in [6.45, 7) is 2.27. The van der Waals surface area contributed by atoms with Crippen LogP contribution in [0.4, 0.5) is 30.7 Å². The molecule has 2 nitrogen and oxygen atoms in total. The molecule has 3 saturated carbocycles. The van der Waals surface area contributed by atoms with Crippen LogP contribution in [0, 0.1) is 41.3 Å². The first kappa shape index (κ1) is 31.0. The fraction of sp³-hybridized carbons (Fsp3) is 0.742. The van der Waals surface area contributed by atoms with E-state index in [0.717, 1.165) is 23.8 Å². The summed E-state index contributed by atoms with van der Waals surface area (Å²) in [7, 11) is 0. The Labute approximate surface area is 232 Å². The third-order valence-electron chi connectivity index (χ3n) is 9.67. The van der Waals surface area contributed by atoms with E-state index in [0.29, 0.717) is 49.7 Å². The van der Waals surface area contributed by atoms with Crippen LogP contribution in [-0.4, -0.2) is 12.2 Å². The highest BCUT2D eigenvalue weighted by Crippen LogP contribution is 2.48. The average molecular weight is 579 g/mol. The molecule has 40 heavy (non-hydrogen) atoms. The van der Waals surface area contributed by atoms with E-state index in [9.17, 15) is 30.7 Å². The maximum absolute atomic E-state index is 15.0. The molecular weight excluding hydrogens is 537 g/mol. The molecule has 1 aromatic rings. The number of benzene rings is 1. The van der Waals surface area contributed by atoms with Crippen LogP contribution in [0.3, 0.4) is 0 Å². The van der Waals surface area contributed by atoms with Gasteiger partial charge in [0.25, 0.3) is 6.08 Å². The van der Waals surface area contributed by atoms with Gasteiger partial charge in [0, 0.05) is 6.07 Å². The lowest BCUT2D eigenvalue weighted by Crippen LogP contribution is -2.38. The van der Waals surface area contributed by atoms with Gasteiger partial charge in [-0.1, -0.05) is 32.6 Å². The quantitative estimate of drug-likeness (QED) is 0.257. The minimum Gasteiger partial charge on any atom is -0.432 e. The molecule has 0 N–H and O–H groups in total. The Hall–Kier alpha value is -1.93. The van der Waals surface area contributed by atoms with Crippen molar-refractivity contribution in [1.29, 1.82) is 0 Å². The molecule has 0 radical (unpaired) electrons. The summed E-state index contributed by atoms with van der Waals surface area (Å²) in [4.78, 5) is 0. The molecule has 0 saturated heterocycles. The van der Waals surface area contributed by atoms with E-state index < -0.39 is 47.6 Å². The highest BCUT2D eigenvalue weighted by molar-refractivity contribution is 5.34. The van der Waals surface area contributed by atoms with Crippen LogP contribution in [-0.2, 0) is 0 Å². The second-order valence-electron chi connectivity index (χ2n) is 12.2. The Morgan fingerprint density at radius 3 is 1.75 bits per heavy atom. The van der Waals surface area contributed by atoms with Crippen molar-refractivity contribution in [1.82, 2.24) is 0 Å². The fourth-order valence-corrected chi connectivity index (χ4v) is 7.54. The molecule has 0 aromatic heterocycles. The first-order valence-electron chi connectivity index (χ1n) is 14.9. The molecule has 0 amide bonds. The van der Waals surface area contributed by atoms with Gasteiger partial charge >= 0.3 is 12.2 Å². The van der Waals surface area contributed by atoms with Crippen LogP contribution >= 0.6 is 0 Å². The number of rotatable bonds is 10. The average Bonchev–Trinajstić information content (AvgIpc) is 2.90. The summed E-state index contributed by atoms with van der Waals surface area (Å²) in [6, 6.07) is 2.01. The second-order valence-corrected chi connectivity index (χ2v) is 12.2. The van der Waals surface area contributed by atoms with Gasteiger partial charge in [-0.3, -0.25) is 0 Å². The van der Waals surface area contributed by atoms with E-state index in [4.69, 9.17) is 4.74 Å². The standard InChI is InChI=1S/C31H41F7O2/c1-2-3-20-4-6-21(7-5-20)22-8-10-23(11-9-22)24-12-14-25(15-13-24)31(37,38)39-26-16-17-28(27(32)18-26)40-30(35,36)19-29(33)34/h16-25H,2-15H2,1H3. The van der Waals surface area contributed by atoms with Crippen molar-refractivity contribution in [2.75, 3.05) is 0 Å². The molecule has 0 atom stereocenters. The van der Waals surface area contributed by atoms with Crippen molar-refractivity contribution < 1.29 is 40.2 Å². The van der Waals surface area contributed by atoms with Gasteiger partial charge in [0.1, 0.15) is 5.75 Å². The molecule has 4 rings (SSSR count). The lowest BCUT2D eigenvalue weighted by atomic mass is 9.65. The van der Waals surface area contributed by atoms with Gasteiger partial charge in [-0.2, -0.15) is 26.3 Å². The zero-order valence-corrected chi connectivity index (χ0v) is 23.1. The molecule has 0 bridgehead atoms. The maximum atomic E-state index is 15.0. The van der Waals surface area contributed by atoms with Crippen molar-refractivity contribution in [3.63, 3.8) is 0 Å². The van der Waals surface area contributed by atoms with E-state index in [1.54, 1.807) is 0 Å². The summed E-state index contributed by atoms with van der Waals surface area (Å²) < 4.78 is 104. The van der Waals surface area contributed by atoms with E-state index in [1.807, 2.05) is 0 Å². The molecule has 3 fully saturated rings. The number of halogens is 7. The Morgan fingerprint density at radius 1 is 0.775 bits per heavy atom. The third-order valence-corrected chi connectivity index (χ3v) is 9.67. The van der Waals surface area contributed by atoms with Crippen LogP contribution in [0.25, 0.3) is 0 Å². The normalized spacial score (nSPS) is 30.0. The zero-order chi connectivity index (χ0) is 28.9. The van der Waals surface area contributed by atoms with Gasteiger partial charge < -0.3 is 9.47 Å². The monoisotopic (exact) mass is 578 g/mol. The predicted octanol–water partition coefficient (Wildman–Crippen LogP) is 10.8. The number of alkyl halides is 4. The molecule has 3 aliphatic carbocycles. The highest BCUT2D eigenvalue weighted by Gasteiger charge is 2.45. The van der Waals surface area contributed by atoms with Gasteiger partial charge in [0.2, 0.25) is 0 Å². The largest absolute Gasteiger partial charge is 0.432 e. The van der Waals surface area contributed by atoms with Crippen LogP contribution in [0.15, 0.2) is 30.4 Å². The number of ether oxygens (including phenoxy) is 2. The van der Waals surface area contributed by atoms with Crippen molar-refractivity contribution in [3.8, 4) is 11.5 Å². The topological polar surface area (TPSA) is 18.5 Å². The molecule has 9 heteroatoms. The summed E-state index contributed by atoms with van der Waals surface area (Å²) in [6.07, 6.45) is 3.50. The molecule has 0 aliphatic heterocycles. The summed E-state index contributed by atoms with van der Waals surface area (Å²) in [5, 5.41) is 0. The van der Waals surface area contributed by atoms with Crippen LogP contribution in [0.5, 0.6) is 11.5 Å². The lowest BCUT2D eigenvalue weighted by molar-refractivity contribution is -0.224. The summed E-state index contributed by atoms with van der Waals surface area (Å²) in [5.41, 5.74) is 0. The van der Waals surface area contributed by atoms with E-state index in [-0.39, 0.29) is 0 Å². The van der Waals surface area contributed by atoms with Crippen LogP contribution < -0.4 is 9.47 Å². The number of hydrogen-bond donors (Lipinski definition) is 0. The van der Waals surface area contributed by atoms with E-state index in [1.165, 1.54) is 64.2 Å². The lowest BCUT2D eigenvalue weighted by Gasteiger charge is -2.42. The maximum Gasteiger partial charge on any atom is 0.425 e. The second kappa shape index (κ2) is 13.4. The molecule has 0 spiro atoms. The van der Waals surface area contributed by atoms with Crippen LogP contribution in [0.2, 0.25) is 0 Å². The van der Waals surface area contributed by atoms with Crippen molar-refractivity contribution >= 4 is 0 Å². The van der Waals surface area contributed by atoms with Gasteiger partial charge in [0.05, 0.1) is 12.0 Å². The van der Waals surface area contributed by atoms with Gasteiger partial charge in [0.15, 0.2) is 11.6 Å². The summed E-state index contributed by atoms with van der Waals surface area (Å²) >= 11 is 0. The van der Waals surface area contributed by atoms with Crippen molar-refractivity contribution in [3.05, 3.63) is 36.2 Å². The molecule has 226 valence electrons. The number of hydrogen-bond acceptors (Lipinski definition) is 2. The zero-order valence-electron chi connectivity index (χ0n) is 23.1.